The molecule has 0 bridgehead atoms. The molecule has 0 radical (unpaired) electrons. The minimum absolute atomic E-state index is 0.0277. The molecule has 1 N–H and O–H groups in total. The van der Waals surface area contributed by atoms with E-state index in [0.29, 0.717) is 70.8 Å². The van der Waals surface area contributed by atoms with Crippen LogP contribution in [0.3, 0.4) is 0 Å². The quantitative estimate of drug-likeness (QED) is 0.0662. The van der Waals surface area contributed by atoms with Crippen molar-refractivity contribution < 1.29 is 57.7 Å². The molecule has 3 heterocycles. The van der Waals surface area contributed by atoms with E-state index in [9.17, 15) is 24.3 Å². The Balaban J connectivity index is 1.43. The first kappa shape index (κ1) is 55.9. The van der Waals surface area contributed by atoms with Crippen LogP contribution in [0.5, 0.6) is 0 Å². The number of carbonyl (C=O) groups excluding carboxylic acids is 4. The van der Waals surface area contributed by atoms with E-state index in [1.807, 2.05) is 65.5 Å². The lowest BCUT2D eigenvalue weighted by Crippen LogP contribution is -2.64. The summed E-state index contributed by atoms with van der Waals surface area (Å²) >= 11 is 0. The third-order valence-electron chi connectivity index (χ3n) is 12.4. The average Bonchev–Trinajstić information content (AvgIpc) is 3.08. The number of hydroxylamine groups is 6. The molecule has 3 aliphatic rings. The summed E-state index contributed by atoms with van der Waals surface area (Å²) in [4.78, 5) is 69.1. The number of aliphatic hydroxyl groups is 1. The number of esters is 4. The summed E-state index contributed by atoms with van der Waals surface area (Å²) in [6.45, 7) is 33.5. The van der Waals surface area contributed by atoms with E-state index in [4.69, 9.17) is 28.7 Å². The van der Waals surface area contributed by atoms with E-state index in [1.165, 1.54) is 7.11 Å². The van der Waals surface area contributed by atoms with Gasteiger partial charge in [-0.25, -0.2) is 0 Å². The zero-order chi connectivity index (χ0) is 48.7. The van der Waals surface area contributed by atoms with Crippen LogP contribution in [-0.2, 0) is 52.6 Å². The van der Waals surface area contributed by atoms with Crippen LogP contribution in [0.4, 0.5) is 0 Å². The van der Waals surface area contributed by atoms with Gasteiger partial charge in [-0.1, -0.05) is 20.8 Å². The highest BCUT2D eigenvalue weighted by atomic mass is 16.7. The molecule has 0 amide bonds. The summed E-state index contributed by atoms with van der Waals surface area (Å²) in [5.74, 6) is -1.10. The van der Waals surface area contributed by atoms with Gasteiger partial charge >= 0.3 is 23.9 Å². The van der Waals surface area contributed by atoms with Crippen LogP contribution in [0.15, 0.2) is 0 Å². The van der Waals surface area contributed by atoms with Gasteiger partial charge in [0.1, 0.15) is 23.9 Å². The zero-order valence-corrected chi connectivity index (χ0v) is 43.0. The Kier molecular flexibility index (Phi) is 19.0. The first-order valence-electron chi connectivity index (χ1n) is 23.8. The molecule has 3 rings (SSSR count). The Morgan fingerprint density at radius 1 is 0.453 bits per heavy atom. The molecule has 0 aromatic rings. The Morgan fingerprint density at radius 3 is 0.922 bits per heavy atom. The summed E-state index contributed by atoms with van der Waals surface area (Å²) < 4.78 is 22.5. The van der Waals surface area contributed by atoms with E-state index >= 15 is 0 Å². The Morgan fingerprint density at radius 2 is 0.688 bits per heavy atom. The molecule has 0 aliphatic carbocycles. The lowest BCUT2D eigenvalue weighted by Gasteiger charge is -2.54. The topological polar surface area (TPSA) is 163 Å². The maximum absolute atomic E-state index is 13.1. The maximum atomic E-state index is 13.1. The minimum Gasteiger partial charge on any atom is -0.469 e. The first-order chi connectivity index (χ1) is 29.1. The highest BCUT2D eigenvalue weighted by Gasteiger charge is 2.51. The monoisotopic (exact) mass is 912 g/mol. The second-order valence-corrected chi connectivity index (χ2v) is 24.2. The standard InChI is InChI=1S/C49H89N3O12/c1-42(2,3)32-59-50-43(4,5)26-35(27-44(50,6)7)62-40(55)24-20-21-25-41(56)64-37-30-47(12,13)52(48(14,15)31-37)61-34-49(16,57)33-60-51-45(8,9)28-36(29-46(51,10)11)63-39(54)23-19-18-22-38(53)58-17/h35-37,57H,18-34H2,1-17H3. The number of nitrogens with zero attached hydrogens (tertiary/aromatic N) is 3. The molecule has 0 aromatic heterocycles. The number of ether oxygens (including phenoxy) is 4. The summed E-state index contributed by atoms with van der Waals surface area (Å²) in [7, 11) is 1.35. The van der Waals surface area contributed by atoms with Gasteiger partial charge in [0.15, 0.2) is 0 Å². The van der Waals surface area contributed by atoms with Gasteiger partial charge in [-0.3, -0.25) is 33.7 Å². The number of methoxy groups -OCH3 is 1. The number of unbranched alkanes of at least 4 members (excludes halogenated alkanes) is 2. The molecule has 64 heavy (non-hydrogen) atoms. The second-order valence-electron chi connectivity index (χ2n) is 24.2. The molecule has 0 aromatic carbocycles. The van der Waals surface area contributed by atoms with Crippen LogP contribution < -0.4 is 0 Å². The molecule has 1 unspecified atom stereocenters. The molecule has 3 saturated heterocycles. The van der Waals surface area contributed by atoms with Crippen molar-refractivity contribution in [2.24, 2.45) is 5.41 Å². The molecule has 15 heteroatoms. The minimum atomic E-state index is -1.35. The molecule has 0 saturated carbocycles. The van der Waals surface area contributed by atoms with Gasteiger partial charge in [0, 0.05) is 97.4 Å². The number of carbonyl (C=O) groups is 4. The number of piperidine rings is 3. The van der Waals surface area contributed by atoms with Gasteiger partial charge in [0.2, 0.25) is 0 Å². The van der Waals surface area contributed by atoms with Crippen molar-refractivity contribution in [3.05, 3.63) is 0 Å². The van der Waals surface area contributed by atoms with Crippen molar-refractivity contribution in [3.63, 3.8) is 0 Å². The fourth-order valence-corrected chi connectivity index (χ4v) is 10.4. The van der Waals surface area contributed by atoms with Crippen molar-refractivity contribution in [3.8, 4) is 0 Å². The molecule has 0 spiro atoms. The van der Waals surface area contributed by atoms with Gasteiger partial charge in [-0.05, 0) is 121 Å². The van der Waals surface area contributed by atoms with Gasteiger partial charge in [-0.15, -0.1) is 0 Å². The Bertz CT molecular complexity index is 1510. The van der Waals surface area contributed by atoms with Crippen LogP contribution >= 0.6 is 0 Å². The molecule has 1 atom stereocenters. The van der Waals surface area contributed by atoms with E-state index in [2.05, 4.69) is 58.3 Å². The number of rotatable bonds is 21. The fraction of sp³-hybridized carbons (Fsp3) is 0.918. The summed E-state index contributed by atoms with van der Waals surface area (Å²) in [5.41, 5.74) is -4.04. The van der Waals surface area contributed by atoms with E-state index in [1.54, 1.807) is 6.92 Å². The Labute approximate surface area is 386 Å². The predicted octanol–water partition coefficient (Wildman–Crippen LogP) is 8.57. The number of hydrogen-bond acceptors (Lipinski definition) is 15. The lowest BCUT2D eigenvalue weighted by atomic mass is 9.80. The molecule has 3 fully saturated rings. The number of hydrogen-bond donors (Lipinski definition) is 1. The first-order valence-corrected chi connectivity index (χ1v) is 23.8. The van der Waals surface area contributed by atoms with Crippen molar-refractivity contribution in [2.45, 2.75) is 258 Å². The van der Waals surface area contributed by atoms with Crippen molar-refractivity contribution >= 4 is 23.9 Å². The normalized spacial score (nSPS) is 23.8. The van der Waals surface area contributed by atoms with Gasteiger partial charge < -0.3 is 24.1 Å². The highest BCUT2D eigenvalue weighted by molar-refractivity contribution is 5.71. The van der Waals surface area contributed by atoms with Crippen LogP contribution in [0, 0.1) is 5.41 Å². The van der Waals surface area contributed by atoms with Gasteiger partial charge in [-0.2, -0.15) is 15.2 Å². The maximum Gasteiger partial charge on any atom is 0.306 e. The molecule has 15 nitrogen and oxygen atoms in total. The van der Waals surface area contributed by atoms with E-state index in [0.717, 1.165) is 0 Å². The van der Waals surface area contributed by atoms with Crippen LogP contribution in [0.25, 0.3) is 0 Å². The van der Waals surface area contributed by atoms with Crippen LogP contribution in [0.2, 0.25) is 0 Å². The third kappa shape index (κ3) is 17.0. The van der Waals surface area contributed by atoms with Crippen molar-refractivity contribution in [1.82, 2.24) is 15.2 Å². The van der Waals surface area contributed by atoms with Crippen molar-refractivity contribution in [2.75, 3.05) is 26.9 Å². The largest absolute Gasteiger partial charge is 0.469 e. The van der Waals surface area contributed by atoms with Crippen LogP contribution in [0.1, 0.15) is 201 Å². The van der Waals surface area contributed by atoms with Gasteiger partial charge in [0.25, 0.3) is 0 Å². The fourth-order valence-electron chi connectivity index (χ4n) is 10.4. The summed E-state index contributed by atoms with van der Waals surface area (Å²) in [5, 5.41) is 17.5. The van der Waals surface area contributed by atoms with Crippen LogP contribution in [-0.4, -0.2) is 128 Å². The Hall–Kier alpha value is -2.40. The van der Waals surface area contributed by atoms with E-state index in [-0.39, 0.29) is 97.6 Å². The predicted molar refractivity (Wildman–Crippen MR) is 244 cm³/mol. The van der Waals surface area contributed by atoms with E-state index < -0.39 is 27.8 Å². The second kappa shape index (κ2) is 21.7. The van der Waals surface area contributed by atoms with Crippen molar-refractivity contribution in [1.29, 1.82) is 0 Å². The SMILES string of the molecule is COC(=O)CCCCC(=O)OC1CC(C)(C)N(OCC(C)(O)CON2C(C)(C)CC(OC(=O)CCCCC(=O)OC3CC(C)(C)N(OCC(C)(C)C)C(C)(C)C3)CC2(C)C)C(C)(C)C1. The molecule has 3 aliphatic heterocycles. The molecule has 372 valence electrons. The third-order valence-corrected chi connectivity index (χ3v) is 12.4. The lowest BCUT2D eigenvalue weighted by molar-refractivity contribution is -0.333. The zero-order valence-electron chi connectivity index (χ0n) is 43.0. The smallest absolute Gasteiger partial charge is 0.306 e. The highest BCUT2D eigenvalue weighted by Crippen LogP contribution is 2.43. The molecular weight excluding hydrogens is 823 g/mol. The van der Waals surface area contributed by atoms with Gasteiger partial charge in [0.05, 0.1) is 26.9 Å². The molecular formula is C49H89N3O12. The average molecular weight is 912 g/mol. The summed E-state index contributed by atoms with van der Waals surface area (Å²) in [6, 6.07) is 0. The summed E-state index contributed by atoms with van der Waals surface area (Å²) in [6.07, 6.45) is 5.82.